The fraction of sp³-hybridized carbons (Fsp3) is 0.545. The summed E-state index contributed by atoms with van der Waals surface area (Å²) in [5.41, 5.74) is 3.72. The molecule has 1 aromatic heterocycles. The zero-order valence-electron chi connectivity index (χ0n) is 10.1. The minimum absolute atomic E-state index is 0.116. The SMILES string of the molecule is CC(CN)(NC(=O)c1c[nH]c(=O)[nH]c1=O)C1CC1. The van der Waals surface area contributed by atoms with Gasteiger partial charge in [-0.2, -0.15) is 0 Å². The first-order chi connectivity index (χ1) is 8.46. The van der Waals surface area contributed by atoms with Crippen molar-refractivity contribution < 1.29 is 4.79 Å². The molecule has 1 aromatic rings. The van der Waals surface area contributed by atoms with Gasteiger partial charge in [-0.25, -0.2) is 4.79 Å². The van der Waals surface area contributed by atoms with E-state index in [1.54, 1.807) is 0 Å². The number of carbonyl (C=O) groups is 1. The van der Waals surface area contributed by atoms with E-state index in [1.165, 1.54) is 0 Å². The first kappa shape index (κ1) is 12.6. The van der Waals surface area contributed by atoms with Crippen LogP contribution < -0.4 is 22.3 Å². The Hall–Kier alpha value is -1.89. The van der Waals surface area contributed by atoms with Gasteiger partial charge < -0.3 is 16.0 Å². The quantitative estimate of drug-likeness (QED) is 0.544. The maximum absolute atomic E-state index is 12.0. The van der Waals surface area contributed by atoms with Crippen LogP contribution in [0.5, 0.6) is 0 Å². The Morgan fingerprint density at radius 1 is 1.56 bits per heavy atom. The minimum Gasteiger partial charge on any atom is -0.345 e. The van der Waals surface area contributed by atoms with Crippen LogP contribution in [-0.4, -0.2) is 28.0 Å². The summed E-state index contributed by atoms with van der Waals surface area (Å²) in [6.45, 7) is 2.17. The van der Waals surface area contributed by atoms with Crippen LogP contribution in [0.25, 0.3) is 0 Å². The van der Waals surface area contributed by atoms with Gasteiger partial charge in [-0.05, 0) is 25.7 Å². The molecule has 0 saturated heterocycles. The first-order valence-corrected chi connectivity index (χ1v) is 5.81. The van der Waals surface area contributed by atoms with Crippen molar-refractivity contribution in [2.24, 2.45) is 11.7 Å². The number of hydrogen-bond acceptors (Lipinski definition) is 4. The van der Waals surface area contributed by atoms with Crippen LogP contribution in [0.4, 0.5) is 0 Å². The Morgan fingerprint density at radius 2 is 2.22 bits per heavy atom. The number of rotatable bonds is 4. The Labute approximate surface area is 103 Å². The van der Waals surface area contributed by atoms with Gasteiger partial charge in [0.1, 0.15) is 5.56 Å². The molecule has 1 amide bonds. The average molecular weight is 252 g/mol. The van der Waals surface area contributed by atoms with Gasteiger partial charge in [-0.1, -0.05) is 0 Å². The van der Waals surface area contributed by atoms with Crippen LogP contribution in [0.3, 0.4) is 0 Å². The van der Waals surface area contributed by atoms with E-state index in [-0.39, 0.29) is 5.56 Å². The lowest BCUT2D eigenvalue weighted by Gasteiger charge is -2.29. The highest BCUT2D eigenvalue weighted by molar-refractivity contribution is 5.94. The van der Waals surface area contributed by atoms with E-state index in [0.29, 0.717) is 12.5 Å². The van der Waals surface area contributed by atoms with Gasteiger partial charge in [0.15, 0.2) is 0 Å². The molecule has 1 saturated carbocycles. The maximum Gasteiger partial charge on any atom is 0.325 e. The average Bonchev–Trinajstić information content (AvgIpc) is 3.12. The fourth-order valence-corrected chi connectivity index (χ4v) is 1.95. The van der Waals surface area contributed by atoms with Crippen LogP contribution in [0.1, 0.15) is 30.1 Å². The van der Waals surface area contributed by atoms with Crippen LogP contribution in [0.2, 0.25) is 0 Å². The second kappa shape index (κ2) is 4.41. The Balaban J connectivity index is 2.21. The Bertz CT molecular complexity index is 572. The van der Waals surface area contributed by atoms with Gasteiger partial charge in [0.05, 0.1) is 5.54 Å². The fourth-order valence-electron chi connectivity index (χ4n) is 1.95. The lowest BCUT2D eigenvalue weighted by Crippen LogP contribution is -2.54. The van der Waals surface area contributed by atoms with Crippen molar-refractivity contribution in [3.05, 3.63) is 32.6 Å². The molecule has 1 atom stereocenters. The molecular weight excluding hydrogens is 236 g/mol. The molecular formula is C11H16N4O3. The van der Waals surface area contributed by atoms with E-state index in [9.17, 15) is 14.4 Å². The monoisotopic (exact) mass is 252 g/mol. The van der Waals surface area contributed by atoms with Crippen molar-refractivity contribution in [3.8, 4) is 0 Å². The van der Waals surface area contributed by atoms with Crippen LogP contribution in [0, 0.1) is 5.92 Å². The molecule has 0 aliphatic heterocycles. The summed E-state index contributed by atoms with van der Waals surface area (Å²) in [5.74, 6) is -0.166. The second-order valence-corrected chi connectivity index (χ2v) is 4.84. The topological polar surface area (TPSA) is 121 Å². The van der Waals surface area contributed by atoms with Crippen molar-refractivity contribution in [3.63, 3.8) is 0 Å². The lowest BCUT2D eigenvalue weighted by atomic mass is 9.95. The molecule has 2 rings (SSSR count). The molecule has 1 unspecified atom stereocenters. The second-order valence-electron chi connectivity index (χ2n) is 4.84. The number of carbonyl (C=O) groups excluding carboxylic acids is 1. The van der Waals surface area contributed by atoms with Gasteiger partial charge in [0, 0.05) is 12.7 Å². The predicted molar refractivity (Wildman–Crippen MR) is 65.3 cm³/mol. The van der Waals surface area contributed by atoms with Gasteiger partial charge in [0.2, 0.25) is 0 Å². The molecule has 98 valence electrons. The predicted octanol–water partition coefficient (Wildman–Crippen LogP) is -1.08. The van der Waals surface area contributed by atoms with Gasteiger partial charge in [0.25, 0.3) is 11.5 Å². The molecule has 18 heavy (non-hydrogen) atoms. The van der Waals surface area contributed by atoms with Gasteiger partial charge in [-0.15, -0.1) is 0 Å². The van der Waals surface area contributed by atoms with Crippen molar-refractivity contribution >= 4 is 5.91 Å². The smallest absolute Gasteiger partial charge is 0.325 e. The number of aromatic nitrogens is 2. The van der Waals surface area contributed by atoms with E-state index in [1.807, 2.05) is 11.9 Å². The third-order valence-corrected chi connectivity index (χ3v) is 3.37. The highest BCUT2D eigenvalue weighted by atomic mass is 16.2. The number of nitrogens with one attached hydrogen (secondary N) is 3. The van der Waals surface area contributed by atoms with E-state index < -0.39 is 22.7 Å². The number of nitrogens with two attached hydrogens (primary N) is 1. The van der Waals surface area contributed by atoms with Gasteiger partial charge in [-0.3, -0.25) is 14.6 Å². The summed E-state index contributed by atoms with van der Waals surface area (Å²) in [5, 5.41) is 2.78. The van der Waals surface area contributed by atoms with Crippen LogP contribution in [0.15, 0.2) is 15.8 Å². The normalized spacial score (nSPS) is 18.1. The van der Waals surface area contributed by atoms with Crippen LogP contribution in [-0.2, 0) is 0 Å². The standard InChI is InChI=1S/C11H16N4O3/c1-11(5-12,6-2-3-6)15-9(17)7-4-13-10(18)14-8(7)16/h4,6H,2-3,5,12H2,1H3,(H,15,17)(H2,13,14,16,18). The number of amides is 1. The molecule has 7 nitrogen and oxygen atoms in total. The zero-order chi connectivity index (χ0) is 13.3. The number of H-pyrrole nitrogens is 2. The Morgan fingerprint density at radius 3 is 2.72 bits per heavy atom. The lowest BCUT2D eigenvalue weighted by molar-refractivity contribution is 0.0895. The minimum atomic E-state index is -0.702. The highest BCUT2D eigenvalue weighted by Crippen LogP contribution is 2.38. The summed E-state index contributed by atoms with van der Waals surface area (Å²) in [6.07, 6.45) is 3.16. The van der Waals surface area contributed by atoms with Crippen molar-refractivity contribution in [2.45, 2.75) is 25.3 Å². The molecule has 1 aliphatic rings. The van der Waals surface area contributed by atoms with E-state index in [2.05, 4.69) is 10.3 Å². The summed E-state index contributed by atoms with van der Waals surface area (Å²) >= 11 is 0. The number of aromatic amines is 2. The van der Waals surface area contributed by atoms with E-state index >= 15 is 0 Å². The van der Waals surface area contributed by atoms with E-state index in [0.717, 1.165) is 19.0 Å². The Kier molecular flexibility index (Phi) is 3.08. The molecule has 7 heteroatoms. The molecule has 0 aromatic carbocycles. The van der Waals surface area contributed by atoms with Gasteiger partial charge >= 0.3 is 5.69 Å². The van der Waals surface area contributed by atoms with E-state index in [4.69, 9.17) is 5.73 Å². The first-order valence-electron chi connectivity index (χ1n) is 5.81. The molecule has 1 fully saturated rings. The van der Waals surface area contributed by atoms with Crippen molar-refractivity contribution in [1.82, 2.24) is 15.3 Å². The highest BCUT2D eigenvalue weighted by Gasteiger charge is 2.41. The summed E-state index contributed by atoms with van der Waals surface area (Å²) in [6, 6.07) is 0. The molecule has 5 N–H and O–H groups in total. The number of hydrogen-bond donors (Lipinski definition) is 4. The summed E-state index contributed by atoms with van der Waals surface area (Å²) in [7, 11) is 0. The maximum atomic E-state index is 12.0. The van der Waals surface area contributed by atoms with Crippen molar-refractivity contribution in [2.75, 3.05) is 6.54 Å². The molecule has 0 radical (unpaired) electrons. The molecule has 1 aliphatic carbocycles. The molecule has 1 heterocycles. The molecule has 0 spiro atoms. The largest absolute Gasteiger partial charge is 0.345 e. The third kappa shape index (κ3) is 2.35. The third-order valence-electron chi connectivity index (χ3n) is 3.37. The molecule has 0 bridgehead atoms. The summed E-state index contributed by atoms with van der Waals surface area (Å²) in [4.78, 5) is 38.6. The van der Waals surface area contributed by atoms with Crippen molar-refractivity contribution in [1.29, 1.82) is 0 Å². The van der Waals surface area contributed by atoms with Crippen LogP contribution >= 0.6 is 0 Å². The zero-order valence-corrected chi connectivity index (χ0v) is 10.1. The summed E-state index contributed by atoms with van der Waals surface area (Å²) < 4.78 is 0.